The topological polar surface area (TPSA) is 63.0 Å². The number of amides is 1. The van der Waals surface area contributed by atoms with Crippen LogP contribution in [-0.4, -0.2) is 33.8 Å². The number of carbonyl (C=O) groups is 2. The van der Waals surface area contributed by atoms with Gasteiger partial charge in [-0.15, -0.1) is 0 Å². The van der Waals surface area contributed by atoms with Gasteiger partial charge in [-0.25, -0.2) is 0 Å². The molecule has 0 bridgehead atoms. The van der Waals surface area contributed by atoms with Crippen molar-refractivity contribution in [2.45, 2.75) is 19.6 Å². The summed E-state index contributed by atoms with van der Waals surface area (Å²) in [6.07, 6.45) is 1.65. The van der Waals surface area contributed by atoms with Gasteiger partial charge in [0.25, 0.3) is 5.91 Å². The number of rotatable bonds is 6. The fourth-order valence-electron chi connectivity index (χ4n) is 3.62. The summed E-state index contributed by atoms with van der Waals surface area (Å²) >= 11 is 5.69. The van der Waals surface area contributed by atoms with Gasteiger partial charge in [-0.3, -0.25) is 14.5 Å². The summed E-state index contributed by atoms with van der Waals surface area (Å²) in [7, 11) is 1.77. The van der Waals surface area contributed by atoms with E-state index in [1.807, 2.05) is 60.7 Å². The Balaban J connectivity index is 1.68. The highest BCUT2D eigenvalue weighted by Gasteiger charge is 2.41. The van der Waals surface area contributed by atoms with E-state index in [-0.39, 0.29) is 24.5 Å². The second kappa shape index (κ2) is 9.20. The van der Waals surface area contributed by atoms with Crippen molar-refractivity contribution in [3.63, 3.8) is 0 Å². The summed E-state index contributed by atoms with van der Waals surface area (Å²) in [5, 5.41) is 0.408. The zero-order valence-corrected chi connectivity index (χ0v) is 18.5. The van der Waals surface area contributed by atoms with E-state index in [0.29, 0.717) is 22.3 Å². The largest absolute Gasteiger partial charge is 0.458 e. The van der Waals surface area contributed by atoms with Gasteiger partial charge in [-0.2, -0.15) is 0 Å². The summed E-state index contributed by atoms with van der Waals surface area (Å²) in [4.78, 5) is 27.9. The predicted octanol–water partition coefficient (Wildman–Crippen LogP) is 4.53. The van der Waals surface area contributed by atoms with Crippen LogP contribution in [0.25, 0.3) is 6.08 Å². The van der Waals surface area contributed by atoms with Gasteiger partial charge in [-0.05, 0) is 35.5 Å². The molecule has 1 saturated heterocycles. The number of hydrogen-bond donors (Lipinski definition) is 0. The van der Waals surface area contributed by atoms with Crippen LogP contribution in [0.2, 0.25) is 0 Å². The highest BCUT2D eigenvalue weighted by Crippen LogP contribution is 2.35. The van der Waals surface area contributed by atoms with Crippen molar-refractivity contribution >= 4 is 35.3 Å². The van der Waals surface area contributed by atoms with Gasteiger partial charge >= 0.3 is 5.97 Å². The molecule has 1 fully saturated rings. The minimum Gasteiger partial charge on any atom is -0.458 e. The third-order valence-electron chi connectivity index (χ3n) is 5.16. The number of hydrogen-bond acceptors (Lipinski definition) is 5. The van der Waals surface area contributed by atoms with Crippen LogP contribution >= 0.6 is 12.2 Å². The number of benzene rings is 2. The molecule has 6 nitrogen and oxygen atoms in total. The first-order valence-electron chi connectivity index (χ1n) is 10.1. The third kappa shape index (κ3) is 4.33. The number of nitrogens with zero attached hydrogens (tertiary/aromatic N) is 2. The Hall–Kier alpha value is -3.71. The lowest BCUT2D eigenvalue weighted by Crippen LogP contribution is -2.35. The van der Waals surface area contributed by atoms with E-state index in [1.54, 1.807) is 35.1 Å². The number of esters is 1. The fourth-order valence-corrected chi connectivity index (χ4v) is 3.91. The number of ether oxygens (including phenoxy) is 1. The van der Waals surface area contributed by atoms with Crippen molar-refractivity contribution in [3.05, 3.63) is 101 Å². The molecular formula is C25H22N2O4S. The lowest BCUT2D eigenvalue weighted by atomic mass is 9.97. The van der Waals surface area contributed by atoms with Gasteiger partial charge in [0.1, 0.15) is 23.8 Å². The maximum absolute atomic E-state index is 13.6. The van der Waals surface area contributed by atoms with E-state index in [9.17, 15) is 9.59 Å². The molecule has 0 radical (unpaired) electrons. The SMILES string of the molecule is CC(=O)OCc1ccc(/C=C2\C(=O)N(C(c3ccccc3)c3ccccc3)C(=S)N2C)o1. The molecule has 162 valence electrons. The number of furan rings is 1. The van der Waals surface area contributed by atoms with E-state index in [1.165, 1.54) is 6.92 Å². The molecule has 7 heteroatoms. The summed E-state index contributed by atoms with van der Waals surface area (Å²) in [5.41, 5.74) is 2.33. The first-order chi connectivity index (χ1) is 15.5. The quantitative estimate of drug-likeness (QED) is 0.315. The average molecular weight is 447 g/mol. The maximum atomic E-state index is 13.6. The van der Waals surface area contributed by atoms with Gasteiger partial charge in [0, 0.05) is 20.0 Å². The van der Waals surface area contributed by atoms with Crippen LogP contribution in [0.3, 0.4) is 0 Å². The van der Waals surface area contributed by atoms with Crippen molar-refractivity contribution in [3.8, 4) is 0 Å². The van der Waals surface area contributed by atoms with Crippen LogP contribution in [0.5, 0.6) is 0 Å². The Kier molecular flexibility index (Phi) is 6.18. The lowest BCUT2D eigenvalue weighted by Gasteiger charge is -2.28. The second-order valence-corrected chi connectivity index (χ2v) is 7.72. The first kappa shape index (κ1) is 21.5. The van der Waals surface area contributed by atoms with Crippen LogP contribution in [0.1, 0.15) is 35.6 Å². The van der Waals surface area contributed by atoms with Crippen molar-refractivity contribution in [1.82, 2.24) is 9.80 Å². The molecule has 2 heterocycles. The lowest BCUT2D eigenvalue weighted by molar-refractivity contribution is -0.142. The molecule has 0 aliphatic carbocycles. The zero-order valence-electron chi connectivity index (χ0n) is 17.7. The molecule has 1 aromatic heterocycles. The van der Waals surface area contributed by atoms with Crippen molar-refractivity contribution in [2.75, 3.05) is 7.05 Å². The van der Waals surface area contributed by atoms with E-state index in [2.05, 4.69) is 0 Å². The van der Waals surface area contributed by atoms with Crippen LogP contribution in [-0.2, 0) is 20.9 Å². The Bertz CT molecular complexity index is 1130. The van der Waals surface area contributed by atoms with E-state index in [4.69, 9.17) is 21.4 Å². The van der Waals surface area contributed by atoms with Gasteiger partial charge in [0.2, 0.25) is 0 Å². The maximum Gasteiger partial charge on any atom is 0.303 e. The molecule has 4 rings (SSSR count). The summed E-state index contributed by atoms with van der Waals surface area (Å²) in [6.45, 7) is 1.38. The van der Waals surface area contributed by atoms with E-state index in [0.717, 1.165) is 11.1 Å². The monoisotopic (exact) mass is 446 g/mol. The summed E-state index contributed by atoms with van der Waals surface area (Å²) in [6, 6.07) is 22.7. The van der Waals surface area contributed by atoms with Gasteiger partial charge in [0.05, 0.1) is 6.04 Å². The molecule has 1 aliphatic rings. The molecule has 1 amide bonds. The second-order valence-electron chi connectivity index (χ2n) is 7.35. The molecule has 0 N–H and O–H groups in total. The fraction of sp³-hybridized carbons (Fsp3) is 0.160. The Morgan fingerprint density at radius 1 is 1.03 bits per heavy atom. The van der Waals surface area contributed by atoms with Gasteiger partial charge in [0.15, 0.2) is 5.11 Å². The molecule has 2 aromatic carbocycles. The highest BCUT2D eigenvalue weighted by atomic mass is 32.1. The molecule has 0 saturated carbocycles. The molecule has 0 atom stereocenters. The number of carbonyl (C=O) groups excluding carboxylic acids is 2. The van der Waals surface area contributed by atoms with E-state index >= 15 is 0 Å². The van der Waals surface area contributed by atoms with Crippen LogP contribution in [0.4, 0.5) is 0 Å². The Morgan fingerprint density at radius 3 is 2.19 bits per heavy atom. The van der Waals surface area contributed by atoms with Crippen molar-refractivity contribution in [1.29, 1.82) is 0 Å². The minimum absolute atomic E-state index is 0.0386. The van der Waals surface area contributed by atoms with Gasteiger partial charge in [-0.1, -0.05) is 60.7 Å². The molecule has 3 aromatic rings. The zero-order chi connectivity index (χ0) is 22.7. The van der Waals surface area contributed by atoms with Crippen LogP contribution in [0, 0.1) is 0 Å². The summed E-state index contributed by atoms with van der Waals surface area (Å²) in [5.74, 6) is 0.364. The van der Waals surface area contributed by atoms with Crippen LogP contribution in [0.15, 0.2) is 82.9 Å². The Labute approximate surface area is 191 Å². The minimum atomic E-state index is -0.388. The molecule has 0 spiro atoms. The molecule has 1 aliphatic heterocycles. The number of thiocarbonyl (C=S) groups is 1. The van der Waals surface area contributed by atoms with E-state index < -0.39 is 0 Å². The van der Waals surface area contributed by atoms with Crippen LogP contribution < -0.4 is 0 Å². The Morgan fingerprint density at radius 2 is 1.62 bits per heavy atom. The molecule has 0 unspecified atom stereocenters. The standard InChI is InChI=1S/C25H22N2O4S/c1-17(28)30-16-21-14-13-20(31-21)15-22-24(29)27(25(32)26(22)2)23(18-9-5-3-6-10-18)19-11-7-4-8-12-19/h3-15,23H,16H2,1-2H3/b22-15+. The smallest absolute Gasteiger partial charge is 0.303 e. The number of likely N-dealkylation sites (N-methyl/N-ethyl adjacent to an activating group) is 1. The highest BCUT2D eigenvalue weighted by molar-refractivity contribution is 7.80. The first-order valence-corrected chi connectivity index (χ1v) is 10.5. The van der Waals surface area contributed by atoms with Gasteiger partial charge < -0.3 is 14.1 Å². The normalized spacial score (nSPS) is 15.2. The third-order valence-corrected chi connectivity index (χ3v) is 5.63. The van der Waals surface area contributed by atoms with Crippen molar-refractivity contribution in [2.24, 2.45) is 0 Å². The molecule has 32 heavy (non-hydrogen) atoms. The summed E-state index contributed by atoms with van der Waals surface area (Å²) < 4.78 is 10.7. The molecular weight excluding hydrogens is 424 g/mol. The average Bonchev–Trinajstić information content (AvgIpc) is 3.34. The van der Waals surface area contributed by atoms with Crippen molar-refractivity contribution < 1.29 is 18.7 Å². The predicted molar refractivity (Wildman–Crippen MR) is 124 cm³/mol.